The SMILES string of the molecule is NC(=O)CNCN=C=O. The molecular weight excluding hydrogens is 122 g/mol. The Kier molecular flexibility index (Phi) is 4.30. The van der Waals surface area contributed by atoms with Crippen molar-refractivity contribution in [3.63, 3.8) is 0 Å². The maximum absolute atomic E-state index is 9.98. The van der Waals surface area contributed by atoms with Gasteiger partial charge in [-0.05, 0) is 0 Å². The second kappa shape index (κ2) is 4.96. The molecule has 0 spiro atoms. The summed E-state index contributed by atoms with van der Waals surface area (Å²) in [6.45, 7) is 0.123. The number of nitrogens with zero attached hydrogens (tertiary/aromatic N) is 1. The summed E-state index contributed by atoms with van der Waals surface area (Å²) in [5.74, 6) is -0.476. The predicted molar refractivity (Wildman–Crippen MR) is 30.2 cm³/mol. The second-order valence-corrected chi connectivity index (χ2v) is 1.30. The molecule has 0 rings (SSSR count). The van der Waals surface area contributed by atoms with Crippen LogP contribution in [-0.4, -0.2) is 25.2 Å². The smallest absolute Gasteiger partial charge is 0.236 e. The molecule has 0 aliphatic rings. The summed E-state index contributed by atoms with van der Waals surface area (Å²) in [7, 11) is 0. The van der Waals surface area contributed by atoms with Gasteiger partial charge in [-0.3, -0.25) is 10.1 Å². The summed E-state index contributed by atoms with van der Waals surface area (Å²) < 4.78 is 0. The van der Waals surface area contributed by atoms with Gasteiger partial charge in [0.1, 0.15) is 6.67 Å². The van der Waals surface area contributed by atoms with Crippen LogP contribution in [0.1, 0.15) is 0 Å². The first-order valence-electron chi connectivity index (χ1n) is 2.30. The molecule has 3 N–H and O–H groups in total. The topological polar surface area (TPSA) is 84.6 Å². The van der Waals surface area contributed by atoms with E-state index < -0.39 is 5.91 Å². The Morgan fingerprint density at radius 1 is 1.78 bits per heavy atom. The summed E-state index contributed by atoms with van der Waals surface area (Å²) in [6, 6.07) is 0. The molecule has 0 atom stereocenters. The lowest BCUT2D eigenvalue weighted by molar-refractivity contribution is -0.117. The third kappa shape index (κ3) is 6.81. The number of amides is 1. The van der Waals surface area contributed by atoms with E-state index in [9.17, 15) is 9.59 Å². The molecule has 0 heterocycles. The van der Waals surface area contributed by atoms with Crippen LogP contribution in [0.25, 0.3) is 0 Å². The van der Waals surface area contributed by atoms with Gasteiger partial charge < -0.3 is 5.73 Å². The lowest BCUT2D eigenvalue weighted by Crippen LogP contribution is -2.28. The molecule has 1 amide bonds. The predicted octanol–water partition coefficient (Wildman–Crippen LogP) is -1.65. The van der Waals surface area contributed by atoms with Crippen molar-refractivity contribution in [1.82, 2.24) is 5.32 Å². The van der Waals surface area contributed by atoms with E-state index in [1.165, 1.54) is 6.08 Å². The molecule has 9 heavy (non-hydrogen) atoms. The first-order chi connectivity index (χ1) is 4.27. The van der Waals surface area contributed by atoms with Crippen molar-refractivity contribution in [2.45, 2.75) is 0 Å². The first-order valence-corrected chi connectivity index (χ1v) is 2.30. The molecule has 0 fully saturated rings. The molecule has 0 aliphatic carbocycles. The van der Waals surface area contributed by atoms with Crippen LogP contribution >= 0.6 is 0 Å². The Morgan fingerprint density at radius 2 is 2.44 bits per heavy atom. The molecule has 0 saturated heterocycles. The lowest BCUT2D eigenvalue weighted by Gasteiger charge is -1.91. The Morgan fingerprint density at radius 3 is 2.89 bits per heavy atom. The zero-order valence-corrected chi connectivity index (χ0v) is 4.76. The van der Waals surface area contributed by atoms with E-state index in [1.54, 1.807) is 0 Å². The van der Waals surface area contributed by atoms with Crippen molar-refractivity contribution in [2.75, 3.05) is 13.2 Å². The summed E-state index contributed by atoms with van der Waals surface area (Å²) >= 11 is 0. The van der Waals surface area contributed by atoms with E-state index in [0.29, 0.717) is 0 Å². The van der Waals surface area contributed by atoms with Crippen LogP contribution in [0, 0.1) is 0 Å². The molecule has 0 aromatic carbocycles. The van der Waals surface area contributed by atoms with Gasteiger partial charge in [0.15, 0.2) is 0 Å². The van der Waals surface area contributed by atoms with Crippen molar-refractivity contribution in [1.29, 1.82) is 0 Å². The van der Waals surface area contributed by atoms with Gasteiger partial charge in [0.2, 0.25) is 12.0 Å². The Balaban J connectivity index is 3.10. The van der Waals surface area contributed by atoms with Crippen molar-refractivity contribution in [3.05, 3.63) is 0 Å². The van der Waals surface area contributed by atoms with Gasteiger partial charge in [0.25, 0.3) is 0 Å². The minimum Gasteiger partial charge on any atom is -0.369 e. The molecule has 0 saturated carbocycles. The third-order valence-electron chi connectivity index (χ3n) is 0.555. The van der Waals surface area contributed by atoms with Crippen LogP contribution in [0.3, 0.4) is 0 Å². The summed E-state index contributed by atoms with van der Waals surface area (Å²) in [6.07, 6.45) is 1.30. The van der Waals surface area contributed by atoms with Crippen LogP contribution in [-0.2, 0) is 9.59 Å². The number of isocyanates is 1. The van der Waals surface area contributed by atoms with Crippen molar-refractivity contribution in [2.24, 2.45) is 10.7 Å². The molecule has 0 aliphatic heterocycles. The van der Waals surface area contributed by atoms with Crippen molar-refractivity contribution >= 4 is 12.0 Å². The maximum atomic E-state index is 9.98. The largest absolute Gasteiger partial charge is 0.369 e. The summed E-state index contributed by atoms with van der Waals surface area (Å²) in [5.41, 5.74) is 4.73. The Labute approximate surface area is 51.9 Å². The van der Waals surface area contributed by atoms with Crippen molar-refractivity contribution in [3.8, 4) is 0 Å². The number of primary amides is 1. The number of rotatable bonds is 4. The van der Waals surface area contributed by atoms with Gasteiger partial charge in [0, 0.05) is 0 Å². The van der Waals surface area contributed by atoms with Gasteiger partial charge in [-0.25, -0.2) is 4.79 Å². The van der Waals surface area contributed by atoms with E-state index in [0.717, 1.165) is 0 Å². The minimum absolute atomic E-state index is 0.0329. The fraction of sp³-hybridized carbons (Fsp3) is 0.500. The van der Waals surface area contributed by atoms with E-state index in [2.05, 4.69) is 10.3 Å². The standard InChI is InChI=1S/C4H7N3O2/c5-4(9)1-6-2-7-3-8/h6H,1-2H2,(H2,5,9). The normalized spacial score (nSPS) is 8.00. The fourth-order valence-corrected chi connectivity index (χ4v) is 0.267. The van der Waals surface area contributed by atoms with E-state index in [-0.39, 0.29) is 13.2 Å². The number of carbonyl (C=O) groups excluding carboxylic acids is 2. The van der Waals surface area contributed by atoms with Crippen molar-refractivity contribution < 1.29 is 9.59 Å². The zero-order chi connectivity index (χ0) is 7.11. The highest BCUT2D eigenvalue weighted by molar-refractivity contribution is 5.75. The van der Waals surface area contributed by atoms with E-state index in [1.807, 2.05) is 0 Å². The van der Waals surface area contributed by atoms with Crippen LogP contribution in [0.4, 0.5) is 0 Å². The summed E-state index contributed by atoms with van der Waals surface area (Å²) in [4.78, 5) is 22.5. The summed E-state index contributed by atoms with van der Waals surface area (Å²) in [5, 5.41) is 2.48. The van der Waals surface area contributed by atoms with Gasteiger partial charge in [-0.1, -0.05) is 0 Å². The number of carbonyl (C=O) groups is 1. The van der Waals surface area contributed by atoms with Crippen LogP contribution in [0.2, 0.25) is 0 Å². The van der Waals surface area contributed by atoms with E-state index >= 15 is 0 Å². The van der Waals surface area contributed by atoms with Gasteiger partial charge >= 0.3 is 0 Å². The van der Waals surface area contributed by atoms with Crippen LogP contribution in [0.15, 0.2) is 4.99 Å². The maximum Gasteiger partial charge on any atom is 0.236 e. The number of nitrogens with one attached hydrogen (secondary N) is 1. The molecule has 0 unspecified atom stereocenters. The lowest BCUT2D eigenvalue weighted by atomic mass is 10.6. The monoisotopic (exact) mass is 129 g/mol. The average molecular weight is 129 g/mol. The molecule has 0 aromatic heterocycles. The van der Waals surface area contributed by atoms with Gasteiger partial charge in [0.05, 0.1) is 6.54 Å². The van der Waals surface area contributed by atoms with Crippen LogP contribution < -0.4 is 11.1 Å². The molecule has 50 valence electrons. The number of aliphatic imine (C=N–C) groups is 1. The highest BCUT2D eigenvalue weighted by atomic mass is 16.1. The Hall–Kier alpha value is -1.19. The molecule has 5 heteroatoms. The molecule has 0 bridgehead atoms. The highest BCUT2D eigenvalue weighted by Gasteiger charge is 1.88. The number of nitrogens with two attached hydrogens (primary N) is 1. The number of hydrogen-bond acceptors (Lipinski definition) is 4. The van der Waals surface area contributed by atoms with Gasteiger partial charge in [-0.2, -0.15) is 4.99 Å². The van der Waals surface area contributed by atoms with Crippen LogP contribution in [0.5, 0.6) is 0 Å². The van der Waals surface area contributed by atoms with E-state index in [4.69, 9.17) is 5.73 Å². The second-order valence-electron chi connectivity index (χ2n) is 1.30. The minimum atomic E-state index is -0.476. The van der Waals surface area contributed by atoms with Gasteiger partial charge in [-0.15, -0.1) is 0 Å². The molecule has 5 nitrogen and oxygen atoms in total. The molecule has 0 radical (unpaired) electrons. The highest BCUT2D eigenvalue weighted by Crippen LogP contribution is 1.58. The molecule has 0 aromatic rings. The Bertz CT molecular complexity index is 137. The quantitative estimate of drug-likeness (QED) is 0.271. The molecular formula is C4H7N3O2. The zero-order valence-electron chi connectivity index (χ0n) is 4.76. The average Bonchev–Trinajstić information content (AvgIpc) is 1.80. The first kappa shape index (κ1) is 7.81. The number of hydrogen-bond donors (Lipinski definition) is 2. The fourth-order valence-electron chi connectivity index (χ4n) is 0.267. The third-order valence-corrected chi connectivity index (χ3v) is 0.555.